The molecular formula is C14H14F3N3O2. The molecule has 118 valence electrons. The van der Waals surface area contributed by atoms with Crippen molar-refractivity contribution in [3.63, 3.8) is 0 Å². The van der Waals surface area contributed by atoms with E-state index in [-0.39, 0.29) is 22.7 Å². The van der Waals surface area contributed by atoms with Crippen molar-refractivity contribution in [1.29, 1.82) is 0 Å². The van der Waals surface area contributed by atoms with Gasteiger partial charge in [-0.1, -0.05) is 6.42 Å². The standard InChI is InChI=1S/C14H14F3N3O2/c15-14(16,17)13(22)10-5-1-2-6-11(10)19-20(13)12(21)9-4-3-7-18-8-9/h3-4,7-8,10,22H,1-2,5-6H2. The Morgan fingerprint density at radius 2 is 2.18 bits per heavy atom. The van der Waals surface area contributed by atoms with Gasteiger partial charge in [-0.3, -0.25) is 9.78 Å². The number of rotatable bonds is 1. The summed E-state index contributed by atoms with van der Waals surface area (Å²) >= 11 is 0. The smallest absolute Gasteiger partial charge is 0.362 e. The van der Waals surface area contributed by atoms with E-state index in [4.69, 9.17) is 0 Å². The molecule has 1 aromatic rings. The van der Waals surface area contributed by atoms with E-state index >= 15 is 0 Å². The van der Waals surface area contributed by atoms with Crippen molar-refractivity contribution in [2.24, 2.45) is 11.0 Å². The van der Waals surface area contributed by atoms with Crippen LogP contribution in [0.2, 0.25) is 0 Å². The zero-order valence-corrected chi connectivity index (χ0v) is 11.5. The predicted molar refractivity (Wildman–Crippen MR) is 70.8 cm³/mol. The molecule has 1 aliphatic heterocycles. The maximum Gasteiger partial charge on any atom is 0.439 e. The molecule has 1 aliphatic carbocycles. The van der Waals surface area contributed by atoms with E-state index in [0.717, 1.165) is 6.20 Å². The van der Waals surface area contributed by atoms with E-state index in [1.165, 1.54) is 18.3 Å². The molecule has 2 unspecified atom stereocenters. The van der Waals surface area contributed by atoms with Gasteiger partial charge in [0.05, 0.1) is 11.5 Å². The normalized spacial score (nSPS) is 28.3. The lowest BCUT2D eigenvalue weighted by molar-refractivity contribution is -0.312. The van der Waals surface area contributed by atoms with E-state index in [2.05, 4.69) is 10.1 Å². The van der Waals surface area contributed by atoms with Gasteiger partial charge >= 0.3 is 6.18 Å². The second-order valence-corrected chi connectivity index (χ2v) is 5.47. The van der Waals surface area contributed by atoms with Crippen LogP contribution in [-0.2, 0) is 0 Å². The van der Waals surface area contributed by atoms with Gasteiger partial charge in [0.2, 0.25) is 0 Å². The minimum atomic E-state index is -4.99. The summed E-state index contributed by atoms with van der Waals surface area (Å²) < 4.78 is 40.5. The molecule has 0 bridgehead atoms. The first kappa shape index (κ1) is 15.0. The molecule has 8 heteroatoms. The molecule has 2 heterocycles. The van der Waals surface area contributed by atoms with E-state index in [0.29, 0.717) is 19.3 Å². The van der Waals surface area contributed by atoms with Gasteiger partial charge in [-0.25, -0.2) is 0 Å². The quantitative estimate of drug-likeness (QED) is 0.865. The highest BCUT2D eigenvalue weighted by Gasteiger charge is 2.68. The highest BCUT2D eigenvalue weighted by atomic mass is 19.4. The maximum absolute atomic E-state index is 13.5. The number of hydrogen-bond acceptors (Lipinski definition) is 4. The molecular weight excluding hydrogens is 299 g/mol. The van der Waals surface area contributed by atoms with Crippen molar-refractivity contribution < 1.29 is 23.1 Å². The van der Waals surface area contributed by atoms with Crippen molar-refractivity contribution in [2.75, 3.05) is 0 Å². The molecule has 0 radical (unpaired) electrons. The van der Waals surface area contributed by atoms with Crippen molar-refractivity contribution in [1.82, 2.24) is 9.99 Å². The van der Waals surface area contributed by atoms with Crippen LogP contribution in [0, 0.1) is 5.92 Å². The van der Waals surface area contributed by atoms with Crippen LogP contribution >= 0.6 is 0 Å². The summed E-state index contributed by atoms with van der Waals surface area (Å²) in [5.41, 5.74) is -3.09. The fraction of sp³-hybridized carbons (Fsp3) is 0.500. The number of pyridine rings is 1. The topological polar surface area (TPSA) is 65.8 Å². The maximum atomic E-state index is 13.5. The first-order valence-corrected chi connectivity index (χ1v) is 6.97. The zero-order valence-electron chi connectivity index (χ0n) is 11.5. The van der Waals surface area contributed by atoms with Crippen LogP contribution in [0.1, 0.15) is 36.0 Å². The summed E-state index contributed by atoms with van der Waals surface area (Å²) in [7, 11) is 0. The highest BCUT2D eigenvalue weighted by molar-refractivity contribution is 5.99. The molecule has 1 aromatic heterocycles. The molecule has 2 aliphatic rings. The Labute approximate surface area is 124 Å². The van der Waals surface area contributed by atoms with Gasteiger partial charge in [-0.05, 0) is 31.4 Å². The lowest BCUT2D eigenvalue weighted by Crippen LogP contribution is -2.61. The van der Waals surface area contributed by atoms with E-state index in [9.17, 15) is 23.1 Å². The molecule has 0 saturated heterocycles. The van der Waals surface area contributed by atoms with Gasteiger partial charge in [0.15, 0.2) is 0 Å². The van der Waals surface area contributed by atoms with Gasteiger partial charge in [-0.2, -0.15) is 23.3 Å². The van der Waals surface area contributed by atoms with Crippen LogP contribution in [-0.4, -0.2) is 38.6 Å². The van der Waals surface area contributed by atoms with Gasteiger partial charge in [0.25, 0.3) is 11.6 Å². The largest absolute Gasteiger partial charge is 0.439 e. The van der Waals surface area contributed by atoms with Crippen molar-refractivity contribution in [2.45, 2.75) is 37.6 Å². The third kappa shape index (κ3) is 2.09. The molecule has 5 nitrogen and oxygen atoms in total. The Bertz CT molecular complexity index is 618. The summed E-state index contributed by atoms with van der Waals surface area (Å²) in [4.78, 5) is 16.1. The summed E-state index contributed by atoms with van der Waals surface area (Å²) in [6, 6.07) is 2.78. The fourth-order valence-electron chi connectivity index (χ4n) is 3.03. The predicted octanol–water partition coefficient (Wildman–Crippen LogP) is 2.33. The molecule has 3 rings (SSSR count). The number of fused-ring (bicyclic) bond motifs is 1. The molecule has 2 atom stereocenters. The second kappa shape index (κ2) is 5.05. The first-order valence-electron chi connectivity index (χ1n) is 6.97. The number of amides is 1. The first-order chi connectivity index (χ1) is 10.4. The number of alkyl halides is 3. The van der Waals surface area contributed by atoms with Crippen LogP contribution in [0.4, 0.5) is 13.2 Å². The van der Waals surface area contributed by atoms with Gasteiger partial charge < -0.3 is 5.11 Å². The highest BCUT2D eigenvalue weighted by Crippen LogP contribution is 2.48. The Kier molecular flexibility index (Phi) is 3.43. The van der Waals surface area contributed by atoms with E-state index in [1.807, 2.05) is 0 Å². The average Bonchev–Trinajstić information content (AvgIpc) is 2.82. The number of hydrogen-bond donors (Lipinski definition) is 1. The van der Waals surface area contributed by atoms with Crippen LogP contribution in [0.25, 0.3) is 0 Å². The molecule has 1 N–H and O–H groups in total. The summed E-state index contributed by atoms with van der Waals surface area (Å²) in [5.74, 6) is -2.20. The minimum Gasteiger partial charge on any atom is -0.362 e. The third-order valence-electron chi connectivity index (χ3n) is 4.13. The molecule has 1 amide bonds. The number of halogens is 3. The Morgan fingerprint density at radius 1 is 1.41 bits per heavy atom. The molecule has 0 spiro atoms. The van der Waals surface area contributed by atoms with Crippen molar-refractivity contribution >= 4 is 11.6 Å². The fourth-order valence-corrected chi connectivity index (χ4v) is 3.03. The number of aliphatic hydroxyl groups is 1. The Balaban J connectivity index is 2.04. The average molecular weight is 313 g/mol. The molecule has 0 aromatic carbocycles. The van der Waals surface area contributed by atoms with E-state index in [1.54, 1.807) is 0 Å². The Morgan fingerprint density at radius 3 is 2.82 bits per heavy atom. The summed E-state index contributed by atoms with van der Waals surface area (Å²) in [6.07, 6.45) is -0.636. The number of nitrogens with zero attached hydrogens (tertiary/aromatic N) is 3. The van der Waals surface area contributed by atoms with Crippen LogP contribution in [0.3, 0.4) is 0 Å². The summed E-state index contributed by atoms with van der Waals surface area (Å²) in [5, 5.41) is 14.4. The minimum absolute atomic E-state index is 0.0480. The van der Waals surface area contributed by atoms with Crippen LogP contribution in [0.15, 0.2) is 29.6 Å². The lowest BCUT2D eigenvalue weighted by Gasteiger charge is -2.38. The monoisotopic (exact) mass is 313 g/mol. The Hall–Kier alpha value is -1.96. The number of aromatic nitrogens is 1. The molecule has 22 heavy (non-hydrogen) atoms. The van der Waals surface area contributed by atoms with Gasteiger partial charge in [0, 0.05) is 18.1 Å². The molecule has 1 saturated carbocycles. The van der Waals surface area contributed by atoms with Crippen LogP contribution in [0.5, 0.6) is 0 Å². The number of carbonyl (C=O) groups excluding carboxylic acids is 1. The van der Waals surface area contributed by atoms with Crippen molar-refractivity contribution in [3.8, 4) is 0 Å². The zero-order chi connectivity index (χ0) is 16.0. The summed E-state index contributed by atoms with van der Waals surface area (Å²) in [6.45, 7) is 0. The van der Waals surface area contributed by atoms with Crippen molar-refractivity contribution in [3.05, 3.63) is 30.1 Å². The third-order valence-corrected chi connectivity index (χ3v) is 4.13. The number of hydrazone groups is 1. The van der Waals surface area contributed by atoms with Crippen LogP contribution < -0.4 is 0 Å². The van der Waals surface area contributed by atoms with E-state index < -0.39 is 23.7 Å². The lowest BCUT2D eigenvalue weighted by atomic mass is 9.80. The molecule has 1 fully saturated rings. The second-order valence-electron chi connectivity index (χ2n) is 5.47. The SMILES string of the molecule is O=C(c1cccnc1)N1N=C2CCCCC2C1(O)C(F)(F)F. The van der Waals surface area contributed by atoms with Gasteiger partial charge in [0.1, 0.15) is 0 Å². The number of carbonyl (C=O) groups is 1. The van der Waals surface area contributed by atoms with Gasteiger partial charge in [-0.15, -0.1) is 0 Å².